The highest BCUT2D eigenvalue weighted by molar-refractivity contribution is 7.11. The molecule has 5 nitrogen and oxygen atoms in total. The Bertz CT molecular complexity index is 708. The molecule has 1 amide bonds. The van der Waals surface area contributed by atoms with E-state index in [1.165, 1.54) is 29.0 Å². The van der Waals surface area contributed by atoms with Gasteiger partial charge in [0.05, 0.1) is 18.4 Å². The minimum Gasteiger partial charge on any atom is -0.495 e. The number of aromatic carboxylic acids is 1. The van der Waals surface area contributed by atoms with Crippen LogP contribution in [0.5, 0.6) is 5.75 Å². The van der Waals surface area contributed by atoms with Crippen molar-refractivity contribution in [1.29, 1.82) is 0 Å². The number of carboxylic acid groups (broad SMARTS) is 1. The molecule has 0 spiro atoms. The zero-order valence-corrected chi connectivity index (χ0v) is 13.9. The molecule has 2 rings (SSSR count). The Morgan fingerprint density at radius 3 is 2.65 bits per heavy atom. The van der Waals surface area contributed by atoms with Crippen molar-refractivity contribution in [2.45, 2.75) is 26.2 Å². The highest BCUT2D eigenvalue weighted by Crippen LogP contribution is 2.26. The topological polar surface area (TPSA) is 75.6 Å². The van der Waals surface area contributed by atoms with Crippen molar-refractivity contribution >= 4 is 28.9 Å². The molecule has 0 radical (unpaired) electrons. The molecule has 2 N–H and O–H groups in total. The molecule has 1 aromatic carbocycles. The number of hydrogen-bond acceptors (Lipinski definition) is 4. The summed E-state index contributed by atoms with van der Waals surface area (Å²) < 4.78 is 5.14. The van der Waals surface area contributed by atoms with Crippen LogP contribution in [0.25, 0.3) is 0 Å². The van der Waals surface area contributed by atoms with E-state index in [0.717, 1.165) is 12.8 Å². The quantitative estimate of drug-likeness (QED) is 0.809. The minimum atomic E-state index is -1.03. The maximum absolute atomic E-state index is 12.0. The highest BCUT2D eigenvalue weighted by atomic mass is 32.1. The van der Waals surface area contributed by atoms with Crippen molar-refractivity contribution in [3.8, 4) is 5.75 Å². The Kier molecular flexibility index (Phi) is 5.76. The molecule has 0 bridgehead atoms. The van der Waals surface area contributed by atoms with Gasteiger partial charge < -0.3 is 15.2 Å². The third-order valence-corrected chi connectivity index (χ3v) is 4.41. The van der Waals surface area contributed by atoms with Gasteiger partial charge in [-0.05, 0) is 50.1 Å². The van der Waals surface area contributed by atoms with E-state index < -0.39 is 5.97 Å². The van der Waals surface area contributed by atoms with Crippen LogP contribution in [0.15, 0.2) is 30.3 Å². The number of aryl methyl sites for hydroxylation is 2. The molecule has 1 heterocycles. The van der Waals surface area contributed by atoms with Crippen molar-refractivity contribution in [1.82, 2.24) is 0 Å². The van der Waals surface area contributed by atoms with E-state index in [9.17, 15) is 9.59 Å². The zero-order chi connectivity index (χ0) is 16.8. The summed E-state index contributed by atoms with van der Waals surface area (Å²) >= 11 is 1.75. The first-order valence-electron chi connectivity index (χ1n) is 7.26. The summed E-state index contributed by atoms with van der Waals surface area (Å²) in [6.07, 6.45) is 2.04. The number of carbonyl (C=O) groups is 2. The molecule has 0 aliphatic rings. The van der Waals surface area contributed by atoms with Crippen LogP contribution in [-0.4, -0.2) is 24.1 Å². The molecule has 0 aliphatic heterocycles. The monoisotopic (exact) mass is 333 g/mol. The van der Waals surface area contributed by atoms with Crippen LogP contribution in [-0.2, 0) is 11.2 Å². The van der Waals surface area contributed by atoms with Gasteiger partial charge in [0, 0.05) is 16.2 Å². The van der Waals surface area contributed by atoms with Crippen molar-refractivity contribution in [2.75, 3.05) is 12.4 Å². The number of nitrogens with one attached hydrogen (secondary N) is 1. The predicted molar refractivity (Wildman–Crippen MR) is 90.6 cm³/mol. The maximum Gasteiger partial charge on any atom is 0.335 e. The van der Waals surface area contributed by atoms with Gasteiger partial charge >= 0.3 is 5.97 Å². The van der Waals surface area contributed by atoms with E-state index in [2.05, 4.69) is 24.4 Å². The van der Waals surface area contributed by atoms with Gasteiger partial charge in [-0.2, -0.15) is 0 Å². The zero-order valence-electron chi connectivity index (χ0n) is 13.1. The molecule has 6 heteroatoms. The smallest absolute Gasteiger partial charge is 0.335 e. The largest absolute Gasteiger partial charge is 0.495 e. The van der Waals surface area contributed by atoms with E-state index in [-0.39, 0.29) is 11.5 Å². The van der Waals surface area contributed by atoms with Crippen LogP contribution >= 0.6 is 11.3 Å². The number of hydrogen-bond donors (Lipinski definition) is 2. The lowest BCUT2D eigenvalue weighted by atomic mass is 10.1. The van der Waals surface area contributed by atoms with E-state index >= 15 is 0 Å². The summed E-state index contributed by atoms with van der Waals surface area (Å²) in [7, 11) is 1.44. The number of ether oxygens (including phenoxy) is 1. The van der Waals surface area contributed by atoms with Crippen LogP contribution in [0.3, 0.4) is 0 Å². The van der Waals surface area contributed by atoms with E-state index in [1.807, 2.05) is 0 Å². The first kappa shape index (κ1) is 17.0. The van der Waals surface area contributed by atoms with E-state index in [4.69, 9.17) is 9.84 Å². The number of carbonyl (C=O) groups excluding carboxylic acids is 1. The number of carboxylic acids is 1. The second-order valence-electron chi connectivity index (χ2n) is 5.13. The first-order valence-corrected chi connectivity index (χ1v) is 8.07. The number of rotatable bonds is 7. The number of amides is 1. The van der Waals surface area contributed by atoms with Crippen LogP contribution in [0.2, 0.25) is 0 Å². The molecule has 0 atom stereocenters. The Morgan fingerprint density at radius 2 is 2.04 bits per heavy atom. The van der Waals surface area contributed by atoms with Gasteiger partial charge in [-0.15, -0.1) is 11.3 Å². The summed E-state index contributed by atoms with van der Waals surface area (Å²) in [5.41, 5.74) is 0.599. The lowest BCUT2D eigenvalue weighted by molar-refractivity contribution is -0.116. The third kappa shape index (κ3) is 4.82. The molecular weight excluding hydrogens is 314 g/mol. The standard InChI is InChI=1S/C17H19NO4S/c1-11-6-8-13(23-11)4-3-5-16(19)18-14-9-7-12(17(20)21)10-15(14)22-2/h6-10H,3-5H2,1-2H3,(H,18,19)(H,20,21). The molecule has 0 saturated carbocycles. The third-order valence-electron chi connectivity index (χ3n) is 3.35. The van der Waals surface area contributed by atoms with Crippen molar-refractivity contribution in [3.63, 3.8) is 0 Å². The van der Waals surface area contributed by atoms with E-state index in [0.29, 0.717) is 17.9 Å². The summed E-state index contributed by atoms with van der Waals surface area (Å²) in [6.45, 7) is 2.06. The maximum atomic E-state index is 12.0. The predicted octanol–water partition coefficient (Wildman–Crippen LogP) is 3.72. The van der Waals surface area contributed by atoms with Crippen LogP contribution < -0.4 is 10.1 Å². The van der Waals surface area contributed by atoms with Crippen LogP contribution in [0, 0.1) is 6.92 Å². The molecule has 122 valence electrons. The number of benzene rings is 1. The number of methoxy groups -OCH3 is 1. The van der Waals surface area contributed by atoms with Gasteiger partial charge in [-0.1, -0.05) is 0 Å². The summed E-state index contributed by atoms with van der Waals surface area (Å²) in [4.78, 5) is 25.5. The van der Waals surface area contributed by atoms with Crippen molar-refractivity contribution in [2.24, 2.45) is 0 Å². The number of anilines is 1. The first-order chi connectivity index (χ1) is 11.0. The highest BCUT2D eigenvalue weighted by Gasteiger charge is 2.11. The number of thiophene rings is 1. The summed E-state index contributed by atoms with van der Waals surface area (Å²) in [5.74, 6) is -0.806. The fourth-order valence-corrected chi connectivity index (χ4v) is 3.12. The minimum absolute atomic E-state index is 0.111. The average molecular weight is 333 g/mol. The average Bonchev–Trinajstić information content (AvgIpc) is 2.93. The fraction of sp³-hybridized carbons (Fsp3) is 0.294. The molecule has 0 unspecified atom stereocenters. The summed E-state index contributed by atoms with van der Waals surface area (Å²) in [6, 6.07) is 8.55. The molecule has 0 fully saturated rings. The SMILES string of the molecule is COc1cc(C(=O)O)ccc1NC(=O)CCCc1ccc(C)s1. The van der Waals surface area contributed by atoms with Crippen molar-refractivity contribution < 1.29 is 19.4 Å². The normalized spacial score (nSPS) is 10.3. The van der Waals surface area contributed by atoms with Gasteiger partial charge in [-0.25, -0.2) is 4.79 Å². The second kappa shape index (κ2) is 7.78. The summed E-state index contributed by atoms with van der Waals surface area (Å²) in [5, 5.41) is 11.7. The Balaban J connectivity index is 1.90. The lowest BCUT2D eigenvalue weighted by Crippen LogP contribution is -2.12. The Morgan fingerprint density at radius 1 is 1.26 bits per heavy atom. The Hall–Kier alpha value is -2.34. The van der Waals surface area contributed by atoms with Gasteiger partial charge in [-0.3, -0.25) is 4.79 Å². The van der Waals surface area contributed by atoms with Crippen LogP contribution in [0.1, 0.15) is 33.0 Å². The molecular formula is C17H19NO4S. The van der Waals surface area contributed by atoms with Crippen LogP contribution in [0.4, 0.5) is 5.69 Å². The fourth-order valence-electron chi connectivity index (χ4n) is 2.18. The Labute approximate surface area is 138 Å². The molecule has 0 saturated heterocycles. The van der Waals surface area contributed by atoms with Gasteiger partial charge in [0.1, 0.15) is 5.75 Å². The van der Waals surface area contributed by atoms with Gasteiger partial charge in [0.25, 0.3) is 0 Å². The van der Waals surface area contributed by atoms with Gasteiger partial charge in [0.2, 0.25) is 5.91 Å². The lowest BCUT2D eigenvalue weighted by Gasteiger charge is -2.10. The van der Waals surface area contributed by atoms with Crippen molar-refractivity contribution in [3.05, 3.63) is 45.6 Å². The van der Waals surface area contributed by atoms with Gasteiger partial charge in [0.15, 0.2) is 0 Å². The van der Waals surface area contributed by atoms with E-state index in [1.54, 1.807) is 17.4 Å². The molecule has 23 heavy (non-hydrogen) atoms. The molecule has 0 aliphatic carbocycles. The second-order valence-corrected chi connectivity index (χ2v) is 6.51. The molecule has 1 aromatic heterocycles. The molecule has 2 aromatic rings.